The van der Waals surface area contributed by atoms with Crippen LogP contribution in [0.1, 0.15) is 25.5 Å². The molecule has 1 fully saturated rings. The van der Waals surface area contributed by atoms with Gasteiger partial charge in [-0.25, -0.2) is 4.98 Å². The van der Waals surface area contributed by atoms with Crippen molar-refractivity contribution < 1.29 is 4.79 Å². The lowest BCUT2D eigenvalue weighted by Gasteiger charge is -2.32. The van der Waals surface area contributed by atoms with Crippen LogP contribution in [-0.2, 0) is 11.2 Å². The van der Waals surface area contributed by atoms with Gasteiger partial charge < -0.3 is 14.6 Å². The Labute approximate surface area is 164 Å². The maximum atomic E-state index is 12.4. The van der Waals surface area contributed by atoms with Gasteiger partial charge in [-0.3, -0.25) is 4.79 Å². The molecular weight excluding hydrogens is 360 g/mol. The van der Waals surface area contributed by atoms with E-state index >= 15 is 0 Å². The molecular formula is C21H23ClN4O. The molecule has 1 saturated heterocycles. The zero-order chi connectivity index (χ0) is 18.8. The molecule has 0 atom stereocenters. The Kier molecular flexibility index (Phi) is 5.03. The predicted molar refractivity (Wildman–Crippen MR) is 110 cm³/mol. The van der Waals surface area contributed by atoms with E-state index in [-0.39, 0.29) is 12.3 Å². The zero-order valence-electron chi connectivity index (χ0n) is 15.4. The molecule has 6 heteroatoms. The predicted octanol–water partition coefficient (Wildman–Crippen LogP) is 4.41. The summed E-state index contributed by atoms with van der Waals surface area (Å²) in [6.45, 7) is 4.52. The Morgan fingerprint density at radius 3 is 2.63 bits per heavy atom. The van der Waals surface area contributed by atoms with Gasteiger partial charge in [0.25, 0.3) is 0 Å². The average Bonchev–Trinajstić information content (AvgIpc) is 3.04. The van der Waals surface area contributed by atoms with Crippen LogP contribution in [-0.4, -0.2) is 28.4 Å². The monoisotopic (exact) mass is 382 g/mol. The molecule has 0 saturated carbocycles. The van der Waals surface area contributed by atoms with Gasteiger partial charge in [-0.2, -0.15) is 0 Å². The van der Waals surface area contributed by atoms with Gasteiger partial charge in [-0.15, -0.1) is 0 Å². The van der Waals surface area contributed by atoms with E-state index in [2.05, 4.69) is 34.3 Å². The van der Waals surface area contributed by atoms with Crippen LogP contribution in [0.3, 0.4) is 0 Å². The minimum Gasteiger partial charge on any atom is -0.372 e. The van der Waals surface area contributed by atoms with Gasteiger partial charge >= 0.3 is 0 Å². The van der Waals surface area contributed by atoms with Crippen molar-refractivity contribution in [3.8, 4) is 0 Å². The van der Waals surface area contributed by atoms with Crippen LogP contribution in [0.25, 0.3) is 5.65 Å². The number of benzene rings is 1. The Bertz CT molecular complexity index is 942. The second kappa shape index (κ2) is 7.61. The second-order valence-corrected chi connectivity index (χ2v) is 7.72. The number of amides is 1. The number of fused-ring (bicyclic) bond motifs is 1. The summed E-state index contributed by atoms with van der Waals surface area (Å²) < 4.78 is 1.83. The number of anilines is 2. The maximum Gasteiger partial charge on any atom is 0.230 e. The van der Waals surface area contributed by atoms with Crippen LogP contribution in [0, 0.1) is 5.92 Å². The molecule has 1 amide bonds. The Morgan fingerprint density at radius 1 is 1.15 bits per heavy atom. The van der Waals surface area contributed by atoms with Crippen molar-refractivity contribution in [2.75, 3.05) is 23.3 Å². The van der Waals surface area contributed by atoms with Crippen LogP contribution < -0.4 is 10.2 Å². The number of hydrogen-bond donors (Lipinski definition) is 1. The van der Waals surface area contributed by atoms with Crippen LogP contribution in [0.2, 0.25) is 5.02 Å². The van der Waals surface area contributed by atoms with Crippen molar-refractivity contribution >= 4 is 34.5 Å². The number of nitrogens with zero attached hydrogens (tertiary/aromatic N) is 3. The van der Waals surface area contributed by atoms with Crippen LogP contribution in [0.5, 0.6) is 0 Å². The number of carbonyl (C=O) groups is 1. The summed E-state index contributed by atoms with van der Waals surface area (Å²) in [7, 11) is 0. The molecule has 1 aliphatic heterocycles. The first kappa shape index (κ1) is 17.9. The molecule has 140 valence electrons. The van der Waals surface area contributed by atoms with E-state index in [0.717, 1.165) is 30.3 Å². The number of rotatable bonds is 4. The summed E-state index contributed by atoms with van der Waals surface area (Å²) in [5.74, 6) is 0.736. The normalized spacial score (nSPS) is 15.3. The summed E-state index contributed by atoms with van der Waals surface area (Å²) >= 11 is 5.99. The van der Waals surface area contributed by atoms with Crippen molar-refractivity contribution in [1.29, 1.82) is 0 Å². The summed E-state index contributed by atoms with van der Waals surface area (Å²) in [5.41, 5.74) is 3.52. The largest absolute Gasteiger partial charge is 0.372 e. The number of imidazole rings is 1. The number of piperidine rings is 1. The van der Waals surface area contributed by atoms with E-state index in [9.17, 15) is 4.79 Å². The first-order valence-electron chi connectivity index (χ1n) is 9.35. The molecule has 1 N–H and O–H groups in total. The molecule has 27 heavy (non-hydrogen) atoms. The van der Waals surface area contributed by atoms with E-state index in [0.29, 0.717) is 10.7 Å². The Hall–Kier alpha value is -2.53. The molecule has 4 rings (SSSR count). The number of carbonyl (C=O) groups excluding carboxylic acids is 1. The van der Waals surface area contributed by atoms with Crippen LogP contribution >= 0.6 is 11.6 Å². The van der Waals surface area contributed by atoms with E-state index < -0.39 is 0 Å². The Balaban J connectivity index is 1.37. The Morgan fingerprint density at radius 2 is 1.89 bits per heavy atom. The molecule has 1 aliphatic rings. The molecule has 0 unspecified atom stereocenters. The number of halogens is 1. The highest BCUT2D eigenvalue weighted by Crippen LogP contribution is 2.24. The molecule has 3 heterocycles. The smallest absolute Gasteiger partial charge is 0.230 e. The third-order valence-corrected chi connectivity index (χ3v) is 5.33. The molecule has 5 nitrogen and oxygen atoms in total. The molecule has 0 bridgehead atoms. The van der Waals surface area contributed by atoms with E-state index in [1.165, 1.54) is 18.5 Å². The van der Waals surface area contributed by atoms with Crippen LogP contribution in [0.4, 0.5) is 11.4 Å². The van der Waals surface area contributed by atoms with Crippen molar-refractivity contribution in [3.05, 3.63) is 59.5 Å². The summed E-state index contributed by atoms with van der Waals surface area (Å²) in [4.78, 5) is 19.2. The number of nitrogens with one attached hydrogen (secondary N) is 1. The lowest BCUT2D eigenvalue weighted by Crippen LogP contribution is -2.32. The molecule has 0 aliphatic carbocycles. The topological polar surface area (TPSA) is 49.6 Å². The molecule has 0 spiro atoms. The second-order valence-electron chi connectivity index (χ2n) is 7.29. The zero-order valence-corrected chi connectivity index (χ0v) is 16.1. The average molecular weight is 383 g/mol. The van der Waals surface area contributed by atoms with E-state index in [1.54, 1.807) is 12.3 Å². The van der Waals surface area contributed by atoms with Gasteiger partial charge in [0.1, 0.15) is 5.65 Å². The lowest BCUT2D eigenvalue weighted by atomic mass is 9.99. The SMILES string of the molecule is CC1CCN(c2ccc(NC(=O)Cc3cn4cc(Cl)ccc4n3)cc2)CC1. The van der Waals surface area contributed by atoms with Gasteiger partial charge in [-0.05, 0) is 55.2 Å². The first-order chi connectivity index (χ1) is 13.1. The van der Waals surface area contributed by atoms with Crippen molar-refractivity contribution in [3.63, 3.8) is 0 Å². The van der Waals surface area contributed by atoms with Crippen molar-refractivity contribution in [2.24, 2.45) is 5.92 Å². The minimum absolute atomic E-state index is 0.0796. The highest BCUT2D eigenvalue weighted by Gasteiger charge is 2.16. The standard InChI is InChI=1S/C21H23ClN4O/c1-15-8-10-25(11-9-15)19-5-3-17(4-6-19)24-21(27)12-18-14-26-13-16(22)2-7-20(26)23-18/h2-7,13-15H,8-12H2,1H3,(H,24,27). The summed E-state index contributed by atoms with van der Waals surface area (Å²) in [5, 5.41) is 3.59. The third-order valence-electron chi connectivity index (χ3n) is 5.11. The number of hydrogen-bond acceptors (Lipinski definition) is 3. The summed E-state index contributed by atoms with van der Waals surface area (Å²) in [6, 6.07) is 11.7. The molecule has 1 aromatic carbocycles. The lowest BCUT2D eigenvalue weighted by molar-refractivity contribution is -0.115. The van der Waals surface area contributed by atoms with Crippen LogP contribution in [0.15, 0.2) is 48.8 Å². The van der Waals surface area contributed by atoms with E-state index in [4.69, 9.17) is 11.6 Å². The van der Waals surface area contributed by atoms with E-state index in [1.807, 2.05) is 28.8 Å². The molecule has 3 aromatic rings. The highest BCUT2D eigenvalue weighted by molar-refractivity contribution is 6.30. The fourth-order valence-corrected chi connectivity index (χ4v) is 3.66. The van der Waals surface area contributed by atoms with Gasteiger partial charge in [0.05, 0.1) is 17.1 Å². The number of aromatic nitrogens is 2. The third kappa shape index (κ3) is 4.25. The highest BCUT2D eigenvalue weighted by atomic mass is 35.5. The molecule has 0 radical (unpaired) electrons. The van der Waals surface area contributed by atoms with Gasteiger partial charge in [-0.1, -0.05) is 18.5 Å². The van der Waals surface area contributed by atoms with Gasteiger partial charge in [0, 0.05) is 36.9 Å². The minimum atomic E-state index is -0.0796. The maximum absolute atomic E-state index is 12.4. The van der Waals surface area contributed by atoms with Crippen molar-refractivity contribution in [2.45, 2.75) is 26.2 Å². The van der Waals surface area contributed by atoms with Gasteiger partial charge in [0.15, 0.2) is 0 Å². The summed E-state index contributed by atoms with van der Waals surface area (Å²) in [6.07, 6.45) is 6.32. The number of pyridine rings is 1. The first-order valence-corrected chi connectivity index (χ1v) is 9.72. The molecule has 2 aromatic heterocycles. The fraction of sp³-hybridized carbons (Fsp3) is 0.333. The van der Waals surface area contributed by atoms with Gasteiger partial charge in [0.2, 0.25) is 5.91 Å². The quantitative estimate of drug-likeness (QED) is 0.727. The fourth-order valence-electron chi connectivity index (χ4n) is 3.49. The van der Waals surface area contributed by atoms with Crippen molar-refractivity contribution in [1.82, 2.24) is 9.38 Å².